The molecule has 2 rings (SSSR count). The summed E-state index contributed by atoms with van der Waals surface area (Å²) in [5.41, 5.74) is 2.36. The fourth-order valence-electron chi connectivity index (χ4n) is 1.67. The molecule has 0 bridgehead atoms. The van der Waals surface area contributed by atoms with E-state index >= 15 is 0 Å². The molecular formula is C15H17NO. The minimum atomic E-state index is 0.704. The van der Waals surface area contributed by atoms with Crippen LogP contribution in [0, 0.1) is 0 Å². The van der Waals surface area contributed by atoms with Crippen LogP contribution in [0.1, 0.15) is 12.5 Å². The minimum absolute atomic E-state index is 0.704. The van der Waals surface area contributed by atoms with Crippen LogP contribution < -0.4 is 10.1 Å². The largest absolute Gasteiger partial charge is 0.494 e. The Balaban J connectivity index is 1.97. The van der Waals surface area contributed by atoms with Crippen LogP contribution in [-0.2, 0) is 6.54 Å². The quantitative estimate of drug-likeness (QED) is 0.841. The SMILES string of the molecule is CCOc1cccc(CNc2ccccc2)c1. The van der Waals surface area contributed by atoms with Gasteiger partial charge in [-0.15, -0.1) is 0 Å². The Morgan fingerprint density at radius 3 is 2.59 bits per heavy atom. The van der Waals surface area contributed by atoms with Crippen LogP contribution in [0.15, 0.2) is 54.6 Å². The number of benzene rings is 2. The standard InChI is InChI=1S/C15H17NO/c1-2-17-15-10-6-7-13(11-15)12-16-14-8-4-3-5-9-14/h3-11,16H,2,12H2,1H3. The lowest BCUT2D eigenvalue weighted by Crippen LogP contribution is -1.99. The minimum Gasteiger partial charge on any atom is -0.494 e. The van der Waals surface area contributed by atoms with Crippen molar-refractivity contribution >= 4 is 5.69 Å². The van der Waals surface area contributed by atoms with Crippen molar-refractivity contribution in [1.82, 2.24) is 0 Å². The molecule has 0 amide bonds. The Labute approximate surface area is 102 Å². The zero-order valence-electron chi connectivity index (χ0n) is 10.0. The van der Waals surface area contributed by atoms with Gasteiger partial charge in [0.05, 0.1) is 6.61 Å². The molecule has 2 heteroatoms. The molecule has 0 aliphatic carbocycles. The molecule has 0 aliphatic heterocycles. The van der Waals surface area contributed by atoms with Crippen LogP contribution in [-0.4, -0.2) is 6.61 Å². The van der Waals surface area contributed by atoms with Crippen molar-refractivity contribution in [2.75, 3.05) is 11.9 Å². The third kappa shape index (κ3) is 3.52. The van der Waals surface area contributed by atoms with Crippen molar-refractivity contribution in [3.05, 3.63) is 60.2 Å². The lowest BCUT2D eigenvalue weighted by molar-refractivity contribution is 0.340. The topological polar surface area (TPSA) is 21.3 Å². The van der Waals surface area contributed by atoms with E-state index in [4.69, 9.17) is 4.74 Å². The first kappa shape index (κ1) is 11.5. The Morgan fingerprint density at radius 2 is 1.82 bits per heavy atom. The van der Waals surface area contributed by atoms with Gasteiger partial charge in [-0.25, -0.2) is 0 Å². The summed E-state index contributed by atoms with van der Waals surface area (Å²) in [4.78, 5) is 0. The molecule has 0 saturated heterocycles. The van der Waals surface area contributed by atoms with E-state index in [0.717, 1.165) is 18.0 Å². The van der Waals surface area contributed by atoms with Gasteiger partial charge in [-0.3, -0.25) is 0 Å². The van der Waals surface area contributed by atoms with E-state index in [2.05, 4.69) is 29.6 Å². The third-order valence-corrected chi connectivity index (χ3v) is 2.48. The smallest absolute Gasteiger partial charge is 0.119 e. The van der Waals surface area contributed by atoms with Gasteiger partial charge < -0.3 is 10.1 Å². The number of hydrogen-bond acceptors (Lipinski definition) is 2. The highest BCUT2D eigenvalue weighted by molar-refractivity contribution is 5.43. The predicted octanol–water partition coefficient (Wildman–Crippen LogP) is 3.70. The summed E-state index contributed by atoms with van der Waals surface area (Å²) in [7, 11) is 0. The number of hydrogen-bond donors (Lipinski definition) is 1. The molecular weight excluding hydrogens is 210 g/mol. The summed E-state index contributed by atoms with van der Waals surface area (Å²) in [6, 6.07) is 18.4. The molecule has 0 aromatic heterocycles. The number of ether oxygens (including phenoxy) is 1. The van der Waals surface area contributed by atoms with Crippen molar-refractivity contribution in [3.63, 3.8) is 0 Å². The van der Waals surface area contributed by atoms with E-state index in [1.165, 1.54) is 5.56 Å². The molecule has 0 radical (unpaired) electrons. The van der Waals surface area contributed by atoms with E-state index in [9.17, 15) is 0 Å². The van der Waals surface area contributed by atoms with Gasteiger partial charge in [0.1, 0.15) is 5.75 Å². The predicted molar refractivity (Wildman–Crippen MR) is 71.4 cm³/mol. The second-order valence-electron chi connectivity index (χ2n) is 3.80. The van der Waals surface area contributed by atoms with Crippen LogP contribution in [0.4, 0.5) is 5.69 Å². The molecule has 1 N–H and O–H groups in total. The van der Waals surface area contributed by atoms with Crippen molar-refractivity contribution in [3.8, 4) is 5.75 Å². The van der Waals surface area contributed by atoms with Crippen LogP contribution in [0.2, 0.25) is 0 Å². The lowest BCUT2D eigenvalue weighted by Gasteiger charge is -2.08. The molecule has 17 heavy (non-hydrogen) atoms. The maximum absolute atomic E-state index is 5.47. The van der Waals surface area contributed by atoms with Gasteiger partial charge in [0, 0.05) is 12.2 Å². The number of anilines is 1. The second-order valence-corrected chi connectivity index (χ2v) is 3.80. The Hall–Kier alpha value is -1.96. The average molecular weight is 227 g/mol. The monoisotopic (exact) mass is 227 g/mol. The molecule has 2 aromatic rings. The van der Waals surface area contributed by atoms with Crippen LogP contribution >= 0.6 is 0 Å². The molecule has 0 spiro atoms. The maximum atomic E-state index is 5.47. The van der Waals surface area contributed by atoms with Crippen LogP contribution in [0.25, 0.3) is 0 Å². The van der Waals surface area contributed by atoms with Gasteiger partial charge in [0.25, 0.3) is 0 Å². The van der Waals surface area contributed by atoms with Crippen molar-refractivity contribution in [2.24, 2.45) is 0 Å². The molecule has 0 fully saturated rings. The van der Waals surface area contributed by atoms with Gasteiger partial charge in [-0.1, -0.05) is 30.3 Å². The molecule has 0 aliphatic rings. The van der Waals surface area contributed by atoms with E-state index < -0.39 is 0 Å². The van der Waals surface area contributed by atoms with Gasteiger partial charge in [0.15, 0.2) is 0 Å². The highest BCUT2D eigenvalue weighted by atomic mass is 16.5. The number of para-hydroxylation sites is 1. The molecule has 0 atom stereocenters. The number of nitrogens with one attached hydrogen (secondary N) is 1. The Kier molecular flexibility index (Phi) is 4.03. The van der Waals surface area contributed by atoms with Crippen molar-refractivity contribution in [2.45, 2.75) is 13.5 Å². The summed E-state index contributed by atoms with van der Waals surface area (Å²) >= 11 is 0. The second kappa shape index (κ2) is 5.94. The van der Waals surface area contributed by atoms with Gasteiger partial charge in [-0.05, 0) is 36.8 Å². The molecule has 2 aromatic carbocycles. The summed E-state index contributed by atoms with van der Waals surface area (Å²) < 4.78 is 5.47. The first-order valence-corrected chi connectivity index (χ1v) is 5.89. The first-order valence-electron chi connectivity index (χ1n) is 5.89. The molecule has 2 nitrogen and oxygen atoms in total. The summed E-state index contributed by atoms with van der Waals surface area (Å²) in [6.07, 6.45) is 0. The van der Waals surface area contributed by atoms with Crippen LogP contribution in [0.5, 0.6) is 5.75 Å². The lowest BCUT2D eigenvalue weighted by atomic mass is 10.2. The zero-order valence-corrected chi connectivity index (χ0v) is 10.0. The van der Waals surface area contributed by atoms with Gasteiger partial charge in [-0.2, -0.15) is 0 Å². The summed E-state index contributed by atoms with van der Waals surface area (Å²) in [5.74, 6) is 0.930. The fraction of sp³-hybridized carbons (Fsp3) is 0.200. The molecule has 0 heterocycles. The van der Waals surface area contributed by atoms with Crippen molar-refractivity contribution in [1.29, 1.82) is 0 Å². The third-order valence-electron chi connectivity index (χ3n) is 2.48. The molecule has 0 unspecified atom stereocenters. The highest BCUT2D eigenvalue weighted by Gasteiger charge is 1.96. The van der Waals surface area contributed by atoms with E-state index in [1.807, 2.05) is 37.3 Å². The van der Waals surface area contributed by atoms with E-state index in [-0.39, 0.29) is 0 Å². The fourth-order valence-corrected chi connectivity index (χ4v) is 1.67. The summed E-state index contributed by atoms with van der Waals surface area (Å²) in [5, 5.41) is 3.37. The van der Waals surface area contributed by atoms with Crippen molar-refractivity contribution < 1.29 is 4.74 Å². The van der Waals surface area contributed by atoms with Crippen LogP contribution in [0.3, 0.4) is 0 Å². The first-order chi connectivity index (χ1) is 8.38. The van der Waals surface area contributed by atoms with Gasteiger partial charge in [0.2, 0.25) is 0 Å². The summed E-state index contributed by atoms with van der Waals surface area (Å²) in [6.45, 7) is 3.51. The highest BCUT2D eigenvalue weighted by Crippen LogP contribution is 2.15. The Bertz CT molecular complexity index is 453. The zero-order chi connectivity index (χ0) is 11.9. The normalized spacial score (nSPS) is 9.94. The molecule has 88 valence electrons. The van der Waals surface area contributed by atoms with E-state index in [1.54, 1.807) is 0 Å². The van der Waals surface area contributed by atoms with E-state index in [0.29, 0.717) is 6.61 Å². The Morgan fingerprint density at radius 1 is 1.00 bits per heavy atom. The average Bonchev–Trinajstić information content (AvgIpc) is 2.39. The maximum Gasteiger partial charge on any atom is 0.119 e. The number of rotatable bonds is 5. The van der Waals surface area contributed by atoms with Gasteiger partial charge >= 0.3 is 0 Å². The molecule has 0 saturated carbocycles.